The number of Topliss-reactive ketones (excluding diaryl/α,β-unsaturated/α-hetero) is 1. The summed E-state index contributed by atoms with van der Waals surface area (Å²) >= 11 is 6.02. The van der Waals surface area contributed by atoms with Crippen molar-refractivity contribution in [3.63, 3.8) is 0 Å². The average molecular weight is 386 g/mol. The normalized spacial score (nSPS) is 10.7. The largest absolute Gasteiger partial charge is 0.350 e. The van der Waals surface area contributed by atoms with Crippen molar-refractivity contribution in [2.75, 3.05) is 5.32 Å². The molecule has 5 nitrogen and oxygen atoms in total. The van der Waals surface area contributed by atoms with Crippen molar-refractivity contribution in [2.45, 2.75) is 20.4 Å². The van der Waals surface area contributed by atoms with E-state index in [1.165, 1.54) is 35.9 Å². The molecule has 0 aliphatic carbocycles. The van der Waals surface area contributed by atoms with Crippen molar-refractivity contribution in [3.8, 4) is 11.3 Å². The van der Waals surface area contributed by atoms with Crippen LogP contribution in [0.1, 0.15) is 24.2 Å². The quantitative estimate of drug-likeness (QED) is 0.648. The number of nitrogens with zero attached hydrogens (tertiary/aromatic N) is 2. The van der Waals surface area contributed by atoms with Gasteiger partial charge in [0.1, 0.15) is 17.2 Å². The number of carbonyl (C=O) groups excluding carboxylic acids is 1. The number of aryl methyl sites for hydroxylation is 1. The standard InChI is InChI=1S/C20H17ClFN3O2/c1-3-25-20(27)19(23-16-6-4-5-14(21)11-16)17(12(2)26)18(24-25)13-7-9-15(22)10-8-13/h4-11,23H,3H2,1-2H3. The van der Waals surface area contributed by atoms with Crippen LogP contribution in [0.2, 0.25) is 5.02 Å². The molecule has 27 heavy (non-hydrogen) atoms. The number of ketones is 1. The Morgan fingerprint density at radius 3 is 2.52 bits per heavy atom. The molecule has 1 heterocycles. The fraction of sp³-hybridized carbons (Fsp3) is 0.150. The van der Waals surface area contributed by atoms with Crippen LogP contribution in [-0.2, 0) is 6.54 Å². The summed E-state index contributed by atoms with van der Waals surface area (Å²) in [5.41, 5.74) is 1.26. The van der Waals surface area contributed by atoms with Gasteiger partial charge in [-0.2, -0.15) is 5.10 Å². The molecule has 0 aliphatic rings. The van der Waals surface area contributed by atoms with E-state index in [2.05, 4.69) is 10.4 Å². The van der Waals surface area contributed by atoms with Gasteiger partial charge in [0.25, 0.3) is 5.56 Å². The summed E-state index contributed by atoms with van der Waals surface area (Å²) in [5.74, 6) is -0.726. The van der Waals surface area contributed by atoms with Crippen molar-refractivity contribution in [1.29, 1.82) is 0 Å². The number of nitrogens with one attached hydrogen (secondary N) is 1. The molecule has 3 rings (SSSR count). The Kier molecular flexibility index (Phi) is 5.37. The molecule has 0 saturated heterocycles. The van der Waals surface area contributed by atoms with Gasteiger partial charge in [0.15, 0.2) is 5.78 Å². The first kappa shape index (κ1) is 18.8. The molecule has 0 amide bonds. The van der Waals surface area contributed by atoms with E-state index in [9.17, 15) is 14.0 Å². The first-order valence-corrected chi connectivity index (χ1v) is 8.73. The number of anilines is 2. The van der Waals surface area contributed by atoms with Crippen molar-refractivity contribution >= 4 is 28.8 Å². The van der Waals surface area contributed by atoms with Gasteiger partial charge in [-0.25, -0.2) is 9.07 Å². The number of hydrogen-bond donors (Lipinski definition) is 1. The number of hydrogen-bond acceptors (Lipinski definition) is 4. The van der Waals surface area contributed by atoms with Crippen molar-refractivity contribution in [3.05, 3.63) is 75.3 Å². The van der Waals surface area contributed by atoms with Gasteiger partial charge in [-0.15, -0.1) is 0 Å². The topological polar surface area (TPSA) is 64.0 Å². The summed E-state index contributed by atoms with van der Waals surface area (Å²) in [5, 5.41) is 7.83. The van der Waals surface area contributed by atoms with Crippen LogP contribution in [0, 0.1) is 5.82 Å². The van der Waals surface area contributed by atoms with Gasteiger partial charge in [0, 0.05) is 22.8 Å². The highest BCUT2D eigenvalue weighted by Crippen LogP contribution is 2.28. The van der Waals surface area contributed by atoms with E-state index < -0.39 is 11.4 Å². The van der Waals surface area contributed by atoms with Gasteiger partial charge in [-0.05, 0) is 56.3 Å². The molecule has 0 atom stereocenters. The molecule has 0 fully saturated rings. The minimum Gasteiger partial charge on any atom is -0.350 e. The van der Waals surface area contributed by atoms with E-state index in [1.54, 1.807) is 31.2 Å². The number of halogens is 2. The Morgan fingerprint density at radius 1 is 1.22 bits per heavy atom. The van der Waals surface area contributed by atoms with Gasteiger partial charge >= 0.3 is 0 Å². The summed E-state index contributed by atoms with van der Waals surface area (Å²) in [6, 6.07) is 12.5. The van der Waals surface area contributed by atoms with E-state index in [0.717, 1.165) is 0 Å². The van der Waals surface area contributed by atoms with Gasteiger partial charge < -0.3 is 5.32 Å². The summed E-state index contributed by atoms with van der Waals surface area (Å²) in [4.78, 5) is 25.3. The van der Waals surface area contributed by atoms with E-state index >= 15 is 0 Å². The SMILES string of the molecule is CCn1nc(-c2ccc(F)cc2)c(C(C)=O)c(Nc2cccc(Cl)c2)c1=O. The summed E-state index contributed by atoms with van der Waals surface area (Å²) < 4.78 is 14.6. The lowest BCUT2D eigenvalue weighted by atomic mass is 10.0. The second-order valence-electron chi connectivity index (χ2n) is 5.92. The van der Waals surface area contributed by atoms with Crippen molar-refractivity contribution < 1.29 is 9.18 Å². The molecule has 138 valence electrons. The Hall–Kier alpha value is -2.99. The minimum atomic E-state index is -0.423. The monoisotopic (exact) mass is 385 g/mol. The Bertz CT molecular complexity index is 1060. The first-order chi connectivity index (χ1) is 12.9. The molecular formula is C20H17ClFN3O2. The zero-order valence-corrected chi connectivity index (χ0v) is 15.5. The Labute approximate surface area is 160 Å². The third-order valence-electron chi connectivity index (χ3n) is 4.02. The molecule has 0 radical (unpaired) electrons. The number of benzene rings is 2. The molecule has 1 N–H and O–H groups in total. The van der Waals surface area contributed by atoms with Crippen LogP contribution >= 0.6 is 11.6 Å². The lowest BCUT2D eigenvalue weighted by molar-refractivity contribution is 0.101. The summed E-state index contributed by atoms with van der Waals surface area (Å²) in [6.07, 6.45) is 0. The van der Waals surface area contributed by atoms with E-state index in [1.807, 2.05) is 0 Å². The predicted molar refractivity (Wildman–Crippen MR) is 104 cm³/mol. The van der Waals surface area contributed by atoms with Crippen LogP contribution in [0.3, 0.4) is 0 Å². The lowest BCUT2D eigenvalue weighted by Crippen LogP contribution is -2.28. The fourth-order valence-corrected chi connectivity index (χ4v) is 2.95. The number of rotatable bonds is 5. The molecule has 7 heteroatoms. The third kappa shape index (κ3) is 3.90. The first-order valence-electron chi connectivity index (χ1n) is 8.35. The van der Waals surface area contributed by atoms with Crippen LogP contribution in [0.25, 0.3) is 11.3 Å². The van der Waals surface area contributed by atoms with Crippen LogP contribution in [-0.4, -0.2) is 15.6 Å². The van der Waals surface area contributed by atoms with Gasteiger partial charge in [-0.1, -0.05) is 17.7 Å². The van der Waals surface area contributed by atoms with Gasteiger partial charge in [0.05, 0.1) is 5.56 Å². The van der Waals surface area contributed by atoms with Crippen molar-refractivity contribution in [1.82, 2.24) is 9.78 Å². The van der Waals surface area contributed by atoms with Gasteiger partial charge in [-0.3, -0.25) is 9.59 Å². The predicted octanol–water partition coefficient (Wildman–Crippen LogP) is 4.67. The Morgan fingerprint density at radius 2 is 1.93 bits per heavy atom. The smallest absolute Gasteiger partial charge is 0.291 e. The highest BCUT2D eigenvalue weighted by Gasteiger charge is 2.22. The zero-order valence-electron chi connectivity index (χ0n) is 14.8. The van der Waals surface area contributed by atoms with E-state index in [4.69, 9.17) is 11.6 Å². The molecule has 0 bridgehead atoms. The van der Waals surface area contributed by atoms with E-state index in [0.29, 0.717) is 28.5 Å². The molecule has 0 unspecified atom stereocenters. The highest BCUT2D eigenvalue weighted by molar-refractivity contribution is 6.30. The molecule has 2 aromatic carbocycles. The maximum Gasteiger partial charge on any atom is 0.291 e. The fourth-order valence-electron chi connectivity index (χ4n) is 2.76. The third-order valence-corrected chi connectivity index (χ3v) is 4.25. The second-order valence-corrected chi connectivity index (χ2v) is 6.35. The zero-order chi connectivity index (χ0) is 19.6. The average Bonchev–Trinajstić information content (AvgIpc) is 2.63. The molecule has 0 spiro atoms. The second kappa shape index (κ2) is 7.72. The number of carbonyl (C=O) groups is 1. The summed E-state index contributed by atoms with van der Waals surface area (Å²) in [6.45, 7) is 3.46. The van der Waals surface area contributed by atoms with Gasteiger partial charge in [0.2, 0.25) is 0 Å². The molecule has 0 saturated carbocycles. The maximum atomic E-state index is 13.3. The summed E-state index contributed by atoms with van der Waals surface area (Å²) in [7, 11) is 0. The maximum absolute atomic E-state index is 13.3. The van der Waals surface area contributed by atoms with Crippen LogP contribution in [0.4, 0.5) is 15.8 Å². The minimum absolute atomic E-state index is 0.112. The number of aromatic nitrogens is 2. The lowest BCUT2D eigenvalue weighted by Gasteiger charge is -2.16. The van der Waals surface area contributed by atoms with Crippen LogP contribution in [0.5, 0.6) is 0 Å². The van der Waals surface area contributed by atoms with Crippen LogP contribution < -0.4 is 10.9 Å². The molecule has 0 aliphatic heterocycles. The highest BCUT2D eigenvalue weighted by atomic mass is 35.5. The van der Waals surface area contributed by atoms with E-state index in [-0.39, 0.29) is 17.0 Å². The molecule has 3 aromatic rings. The van der Waals surface area contributed by atoms with Crippen molar-refractivity contribution in [2.24, 2.45) is 0 Å². The molecule has 1 aromatic heterocycles. The molecular weight excluding hydrogens is 369 g/mol. The van der Waals surface area contributed by atoms with Crippen LogP contribution in [0.15, 0.2) is 53.3 Å². The Balaban J connectivity index is 2.27.